The number of esters is 1. The van der Waals surface area contributed by atoms with Crippen LogP contribution in [-0.2, 0) is 14.3 Å². The van der Waals surface area contributed by atoms with Crippen molar-refractivity contribution in [3.63, 3.8) is 0 Å². The lowest BCUT2D eigenvalue weighted by Crippen LogP contribution is -2.48. The van der Waals surface area contributed by atoms with Gasteiger partial charge in [0.25, 0.3) is 0 Å². The molecule has 1 aliphatic heterocycles. The van der Waals surface area contributed by atoms with Crippen LogP contribution in [0.15, 0.2) is 29.2 Å². The Morgan fingerprint density at radius 3 is 3.04 bits per heavy atom. The summed E-state index contributed by atoms with van der Waals surface area (Å²) in [5.41, 5.74) is 0.747. The molecular formula is C16H22N2O4S. The Labute approximate surface area is 140 Å². The molecule has 6 nitrogen and oxygen atoms in total. The first-order valence-electron chi connectivity index (χ1n) is 7.55. The molecule has 1 heterocycles. The SMILES string of the molecule is COC(=O)CCSc1cccc(NC(=O)N2CCOC[C@H]2C)c1. The van der Waals surface area contributed by atoms with Crippen LogP contribution in [0.1, 0.15) is 13.3 Å². The molecule has 0 saturated carbocycles. The van der Waals surface area contributed by atoms with E-state index in [1.165, 1.54) is 7.11 Å². The number of benzene rings is 1. The average Bonchev–Trinajstić information content (AvgIpc) is 2.55. The third-order valence-corrected chi connectivity index (χ3v) is 4.51. The van der Waals surface area contributed by atoms with Crippen LogP contribution in [0.3, 0.4) is 0 Å². The van der Waals surface area contributed by atoms with Gasteiger partial charge in [-0.25, -0.2) is 4.79 Å². The van der Waals surface area contributed by atoms with Crippen molar-refractivity contribution in [2.45, 2.75) is 24.3 Å². The van der Waals surface area contributed by atoms with Crippen molar-refractivity contribution in [3.05, 3.63) is 24.3 Å². The monoisotopic (exact) mass is 338 g/mol. The zero-order valence-electron chi connectivity index (χ0n) is 13.4. The first-order valence-corrected chi connectivity index (χ1v) is 8.53. The second kappa shape index (κ2) is 8.79. The van der Waals surface area contributed by atoms with Gasteiger partial charge in [-0.2, -0.15) is 0 Å². The van der Waals surface area contributed by atoms with Crippen molar-refractivity contribution in [1.82, 2.24) is 4.90 Å². The Bertz CT molecular complexity index is 553. The number of ether oxygens (including phenoxy) is 2. The summed E-state index contributed by atoms with van der Waals surface area (Å²) < 4.78 is 9.96. The molecule has 0 unspecified atom stereocenters. The largest absolute Gasteiger partial charge is 0.469 e. The highest BCUT2D eigenvalue weighted by Crippen LogP contribution is 2.23. The van der Waals surface area contributed by atoms with Gasteiger partial charge in [0.05, 0.1) is 32.8 Å². The van der Waals surface area contributed by atoms with Crippen molar-refractivity contribution in [2.75, 3.05) is 37.9 Å². The summed E-state index contributed by atoms with van der Waals surface area (Å²) in [7, 11) is 1.38. The van der Waals surface area contributed by atoms with Gasteiger partial charge in [0.1, 0.15) is 0 Å². The number of morpholine rings is 1. The van der Waals surface area contributed by atoms with Gasteiger partial charge < -0.3 is 19.7 Å². The number of rotatable bonds is 5. The van der Waals surface area contributed by atoms with E-state index in [0.29, 0.717) is 31.9 Å². The molecule has 1 aromatic rings. The van der Waals surface area contributed by atoms with Crippen LogP contribution in [0.25, 0.3) is 0 Å². The number of hydrogen-bond acceptors (Lipinski definition) is 5. The van der Waals surface area contributed by atoms with Crippen LogP contribution in [0, 0.1) is 0 Å². The summed E-state index contributed by atoms with van der Waals surface area (Å²) in [5, 5.41) is 2.92. The fraction of sp³-hybridized carbons (Fsp3) is 0.500. The van der Waals surface area contributed by atoms with E-state index < -0.39 is 0 Å². The van der Waals surface area contributed by atoms with Crippen molar-refractivity contribution in [1.29, 1.82) is 0 Å². The number of methoxy groups -OCH3 is 1. The van der Waals surface area contributed by atoms with Crippen molar-refractivity contribution in [3.8, 4) is 0 Å². The van der Waals surface area contributed by atoms with Crippen molar-refractivity contribution >= 4 is 29.4 Å². The van der Waals surface area contributed by atoms with Crippen LogP contribution in [0.4, 0.5) is 10.5 Å². The quantitative estimate of drug-likeness (QED) is 0.660. The van der Waals surface area contributed by atoms with Crippen LogP contribution < -0.4 is 5.32 Å². The molecule has 126 valence electrons. The zero-order valence-corrected chi connectivity index (χ0v) is 14.2. The summed E-state index contributed by atoms with van der Waals surface area (Å²) in [5.74, 6) is 0.424. The van der Waals surface area contributed by atoms with Crippen LogP contribution in [0.2, 0.25) is 0 Å². The third-order valence-electron chi connectivity index (χ3n) is 3.52. The summed E-state index contributed by atoms with van der Waals surface area (Å²) >= 11 is 1.56. The maximum absolute atomic E-state index is 12.3. The van der Waals surface area contributed by atoms with Crippen LogP contribution >= 0.6 is 11.8 Å². The van der Waals surface area contributed by atoms with E-state index in [4.69, 9.17) is 4.74 Å². The second-order valence-electron chi connectivity index (χ2n) is 5.25. The summed E-state index contributed by atoms with van der Waals surface area (Å²) in [6.45, 7) is 3.70. The Kier molecular flexibility index (Phi) is 6.73. The first kappa shape index (κ1) is 17.6. The molecule has 0 radical (unpaired) electrons. The molecule has 0 bridgehead atoms. The number of urea groups is 1. The number of carbonyl (C=O) groups excluding carboxylic acids is 2. The highest BCUT2D eigenvalue weighted by Gasteiger charge is 2.23. The van der Waals surface area contributed by atoms with Gasteiger partial charge in [-0.1, -0.05) is 6.07 Å². The lowest BCUT2D eigenvalue weighted by Gasteiger charge is -2.33. The van der Waals surface area contributed by atoms with E-state index in [1.807, 2.05) is 31.2 Å². The molecule has 2 amide bonds. The van der Waals surface area contributed by atoms with Gasteiger partial charge in [-0.15, -0.1) is 11.8 Å². The number of thioether (sulfide) groups is 1. The normalized spacial score (nSPS) is 17.7. The van der Waals surface area contributed by atoms with E-state index in [1.54, 1.807) is 16.7 Å². The summed E-state index contributed by atoms with van der Waals surface area (Å²) in [6, 6.07) is 7.56. The Balaban J connectivity index is 1.89. The number of anilines is 1. The van der Waals surface area contributed by atoms with Gasteiger partial charge in [-0.3, -0.25) is 4.79 Å². The molecule has 0 aromatic heterocycles. The number of hydrogen-bond donors (Lipinski definition) is 1. The van der Waals surface area contributed by atoms with Gasteiger partial charge in [-0.05, 0) is 25.1 Å². The summed E-state index contributed by atoms with van der Waals surface area (Å²) in [6.07, 6.45) is 0.364. The molecule has 7 heteroatoms. The third kappa shape index (κ3) is 5.44. The smallest absolute Gasteiger partial charge is 0.322 e. The topological polar surface area (TPSA) is 67.9 Å². The molecule has 0 aliphatic carbocycles. The minimum atomic E-state index is -0.219. The van der Waals surface area contributed by atoms with Crippen molar-refractivity contribution in [2.24, 2.45) is 0 Å². The molecule has 1 aromatic carbocycles. The second-order valence-corrected chi connectivity index (χ2v) is 6.42. The number of nitrogens with zero attached hydrogens (tertiary/aromatic N) is 1. The fourth-order valence-corrected chi connectivity index (χ4v) is 3.13. The lowest BCUT2D eigenvalue weighted by atomic mass is 10.2. The molecule has 2 rings (SSSR count). The maximum Gasteiger partial charge on any atom is 0.322 e. The van der Waals surface area contributed by atoms with Crippen LogP contribution in [-0.4, -0.2) is 55.6 Å². The maximum atomic E-state index is 12.3. The molecule has 0 spiro atoms. The molecule has 1 atom stereocenters. The molecule has 1 saturated heterocycles. The highest BCUT2D eigenvalue weighted by atomic mass is 32.2. The number of nitrogens with one attached hydrogen (secondary N) is 1. The average molecular weight is 338 g/mol. The molecule has 1 N–H and O–H groups in total. The van der Waals surface area contributed by atoms with E-state index in [0.717, 1.165) is 10.6 Å². The van der Waals surface area contributed by atoms with Crippen molar-refractivity contribution < 1.29 is 19.1 Å². The molecular weight excluding hydrogens is 316 g/mol. The molecule has 23 heavy (non-hydrogen) atoms. The van der Waals surface area contributed by atoms with E-state index in [-0.39, 0.29) is 18.0 Å². The van der Waals surface area contributed by atoms with Gasteiger partial charge in [0.15, 0.2) is 0 Å². The fourth-order valence-electron chi connectivity index (χ4n) is 2.24. The predicted molar refractivity (Wildman–Crippen MR) is 89.8 cm³/mol. The Hall–Kier alpha value is -1.73. The molecule has 1 fully saturated rings. The van der Waals surface area contributed by atoms with E-state index >= 15 is 0 Å². The van der Waals surface area contributed by atoms with E-state index in [9.17, 15) is 9.59 Å². The number of carbonyl (C=O) groups is 2. The molecule has 1 aliphatic rings. The van der Waals surface area contributed by atoms with Crippen LogP contribution in [0.5, 0.6) is 0 Å². The highest BCUT2D eigenvalue weighted by molar-refractivity contribution is 7.99. The lowest BCUT2D eigenvalue weighted by molar-refractivity contribution is -0.140. The Morgan fingerprint density at radius 2 is 2.30 bits per heavy atom. The zero-order chi connectivity index (χ0) is 16.7. The standard InChI is InChI=1S/C16H22N2O4S/c1-12-11-22-8-7-18(12)16(20)17-13-4-3-5-14(10-13)23-9-6-15(19)21-2/h3-5,10,12H,6-9,11H2,1-2H3,(H,17,20)/t12-/m1/s1. The van der Waals surface area contributed by atoms with E-state index in [2.05, 4.69) is 10.1 Å². The van der Waals surface area contributed by atoms with Gasteiger partial charge >= 0.3 is 12.0 Å². The first-order chi connectivity index (χ1) is 11.1. The minimum absolute atomic E-state index is 0.0707. The summed E-state index contributed by atoms with van der Waals surface area (Å²) in [4.78, 5) is 26.2. The number of amides is 2. The predicted octanol–water partition coefficient (Wildman–Crippen LogP) is 2.59. The minimum Gasteiger partial charge on any atom is -0.469 e. The van der Waals surface area contributed by atoms with Gasteiger partial charge in [0.2, 0.25) is 0 Å². The van der Waals surface area contributed by atoms with Gasteiger partial charge in [0, 0.05) is 22.9 Å². The Morgan fingerprint density at radius 1 is 1.48 bits per heavy atom.